The summed E-state index contributed by atoms with van der Waals surface area (Å²) < 4.78 is 44.3. The van der Waals surface area contributed by atoms with Crippen LogP contribution in [-0.2, 0) is 26.1 Å². The summed E-state index contributed by atoms with van der Waals surface area (Å²) in [7, 11) is -2.03. The normalized spacial score (nSPS) is 17.3. The van der Waals surface area contributed by atoms with Gasteiger partial charge in [-0.25, -0.2) is 17.6 Å². The number of halogens is 1. The monoisotopic (exact) mass is 493 g/mol. The van der Waals surface area contributed by atoms with Crippen LogP contribution in [0, 0.1) is 5.82 Å². The summed E-state index contributed by atoms with van der Waals surface area (Å²) in [4.78, 5) is 16.2. The molecule has 1 saturated heterocycles. The molecule has 2 aromatic rings. The highest BCUT2D eigenvalue weighted by Crippen LogP contribution is 2.36. The highest BCUT2D eigenvalue weighted by molar-refractivity contribution is 7.89. The highest BCUT2D eigenvalue weighted by Gasteiger charge is 2.45. The molecule has 4 rings (SSSR count). The number of carboxylic acid groups (broad SMARTS) is 1. The molecule has 0 aromatic heterocycles. The molecular formula is C23H28FN3O6S. The molecule has 2 heterocycles. The molecule has 34 heavy (non-hydrogen) atoms. The average Bonchev–Trinajstić information content (AvgIpc) is 3.24. The van der Waals surface area contributed by atoms with Crippen molar-refractivity contribution < 1.29 is 32.3 Å². The molecule has 0 unspecified atom stereocenters. The van der Waals surface area contributed by atoms with Crippen molar-refractivity contribution in [3.05, 3.63) is 59.9 Å². The van der Waals surface area contributed by atoms with Crippen LogP contribution in [0.1, 0.15) is 24.8 Å². The van der Waals surface area contributed by atoms with Gasteiger partial charge in [0.2, 0.25) is 10.0 Å². The zero-order valence-corrected chi connectivity index (χ0v) is 19.6. The fourth-order valence-electron chi connectivity index (χ4n) is 3.79. The Hall–Kier alpha value is -3.02. The van der Waals surface area contributed by atoms with Gasteiger partial charge in [0.05, 0.1) is 12.0 Å². The lowest BCUT2D eigenvalue weighted by atomic mass is 9.88. The van der Waals surface area contributed by atoms with Crippen molar-refractivity contribution in [3.63, 3.8) is 0 Å². The van der Waals surface area contributed by atoms with Crippen LogP contribution < -0.4 is 10.5 Å². The minimum atomic E-state index is -3.70. The largest absolute Gasteiger partial charge is 0.497 e. The quantitative estimate of drug-likeness (QED) is 0.632. The summed E-state index contributed by atoms with van der Waals surface area (Å²) in [5.74, 6) is -0.724. The van der Waals surface area contributed by atoms with Gasteiger partial charge in [0, 0.05) is 32.4 Å². The molecule has 1 fully saturated rings. The van der Waals surface area contributed by atoms with Crippen molar-refractivity contribution in [2.75, 3.05) is 26.7 Å². The van der Waals surface area contributed by atoms with Crippen LogP contribution in [0.15, 0.2) is 58.6 Å². The van der Waals surface area contributed by atoms with Crippen LogP contribution in [0.4, 0.5) is 4.39 Å². The zero-order chi connectivity index (χ0) is 24.8. The molecule has 0 saturated carbocycles. The van der Waals surface area contributed by atoms with Crippen molar-refractivity contribution in [2.24, 2.45) is 10.9 Å². The SMILES string of the molecule is COc1cccc(CCN)c1.O=C(O)C1=NOC2(CCN(S(=O)(=O)c3ccc(F)cc3)CC2)C1. The van der Waals surface area contributed by atoms with Gasteiger partial charge in [-0.2, -0.15) is 4.31 Å². The highest BCUT2D eigenvalue weighted by atomic mass is 32.2. The second-order valence-electron chi connectivity index (χ2n) is 8.04. The van der Waals surface area contributed by atoms with Gasteiger partial charge in [-0.15, -0.1) is 0 Å². The standard InChI is InChI=1S/C14H15FN2O5S.C9H13NO/c15-10-1-3-11(4-2-10)23(20,21)17-7-5-14(6-8-17)9-12(13(18)19)16-22-14;1-11-9-4-2-3-8(7-9)5-6-10/h1-4H,5-9H2,(H,18,19);2-4,7H,5-6,10H2,1H3. The smallest absolute Gasteiger partial charge is 0.353 e. The molecule has 3 N–H and O–H groups in total. The maximum Gasteiger partial charge on any atom is 0.353 e. The Kier molecular flexibility index (Phi) is 8.24. The summed E-state index contributed by atoms with van der Waals surface area (Å²) in [6, 6.07) is 12.6. The summed E-state index contributed by atoms with van der Waals surface area (Å²) in [6.45, 7) is 1.08. The van der Waals surface area contributed by atoms with Gasteiger partial charge in [-0.1, -0.05) is 17.3 Å². The number of rotatable bonds is 6. The molecule has 9 nitrogen and oxygen atoms in total. The van der Waals surface area contributed by atoms with Gasteiger partial charge >= 0.3 is 5.97 Å². The van der Waals surface area contributed by atoms with Gasteiger partial charge < -0.3 is 20.4 Å². The number of aliphatic carboxylic acids is 1. The van der Waals surface area contributed by atoms with Crippen LogP contribution in [0.5, 0.6) is 5.75 Å². The number of ether oxygens (including phenoxy) is 1. The Morgan fingerprint density at radius 1 is 1.24 bits per heavy atom. The van der Waals surface area contributed by atoms with Gasteiger partial charge in [-0.3, -0.25) is 0 Å². The Bertz CT molecular complexity index is 1130. The lowest BCUT2D eigenvalue weighted by Crippen LogP contribution is -2.47. The van der Waals surface area contributed by atoms with E-state index >= 15 is 0 Å². The van der Waals surface area contributed by atoms with Gasteiger partial charge in [0.1, 0.15) is 17.2 Å². The van der Waals surface area contributed by atoms with E-state index in [1.165, 1.54) is 22.0 Å². The van der Waals surface area contributed by atoms with Crippen LogP contribution in [0.25, 0.3) is 0 Å². The van der Waals surface area contributed by atoms with Crippen molar-refractivity contribution in [2.45, 2.75) is 36.2 Å². The van der Waals surface area contributed by atoms with Crippen LogP contribution in [0.3, 0.4) is 0 Å². The molecular weight excluding hydrogens is 465 g/mol. The minimum absolute atomic E-state index is 0.0321. The van der Waals surface area contributed by atoms with Crippen molar-refractivity contribution >= 4 is 21.7 Å². The molecule has 0 radical (unpaired) electrons. The van der Waals surface area contributed by atoms with E-state index in [0.29, 0.717) is 19.4 Å². The lowest BCUT2D eigenvalue weighted by molar-refractivity contribution is -0.129. The summed E-state index contributed by atoms with van der Waals surface area (Å²) in [6.07, 6.45) is 1.80. The first-order valence-corrected chi connectivity index (χ1v) is 12.2. The average molecular weight is 494 g/mol. The van der Waals surface area contributed by atoms with E-state index in [2.05, 4.69) is 11.2 Å². The second-order valence-corrected chi connectivity index (χ2v) is 9.98. The Labute approximate surface area is 198 Å². The molecule has 0 bridgehead atoms. The van der Waals surface area contributed by atoms with Gasteiger partial charge in [-0.05, 0) is 54.9 Å². The Balaban J connectivity index is 0.000000248. The molecule has 0 atom stereocenters. The fourth-order valence-corrected chi connectivity index (χ4v) is 5.23. The first-order chi connectivity index (χ1) is 16.2. The molecule has 184 valence electrons. The third kappa shape index (κ3) is 6.10. The molecule has 0 amide bonds. The summed E-state index contributed by atoms with van der Waals surface area (Å²) in [5.41, 5.74) is 5.86. The summed E-state index contributed by atoms with van der Waals surface area (Å²) in [5, 5.41) is 12.5. The maximum atomic E-state index is 12.9. The Morgan fingerprint density at radius 3 is 2.47 bits per heavy atom. The minimum Gasteiger partial charge on any atom is -0.497 e. The number of carboxylic acids is 1. The van der Waals surface area contributed by atoms with E-state index in [9.17, 15) is 17.6 Å². The molecule has 2 aromatic carbocycles. The fraction of sp³-hybridized carbons (Fsp3) is 0.391. The number of hydrogen-bond acceptors (Lipinski definition) is 7. The van der Waals surface area contributed by atoms with E-state index in [1.807, 2.05) is 18.2 Å². The maximum absolute atomic E-state index is 12.9. The number of piperidine rings is 1. The summed E-state index contributed by atoms with van der Waals surface area (Å²) >= 11 is 0. The number of hydrogen-bond donors (Lipinski definition) is 2. The zero-order valence-electron chi connectivity index (χ0n) is 18.8. The number of oxime groups is 1. The molecule has 2 aliphatic rings. The number of nitrogens with zero attached hydrogens (tertiary/aromatic N) is 2. The van der Waals surface area contributed by atoms with Crippen LogP contribution in [-0.4, -0.2) is 61.9 Å². The number of sulfonamides is 1. The van der Waals surface area contributed by atoms with Crippen LogP contribution >= 0.6 is 0 Å². The van der Waals surface area contributed by atoms with E-state index in [-0.39, 0.29) is 30.1 Å². The van der Waals surface area contributed by atoms with Crippen molar-refractivity contribution in [3.8, 4) is 5.75 Å². The topological polar surface area (TPSA) is 132 Å². The van der Waals surface area contributed by atoms with Crippen LogP contribution in [0.2, 0.25) is 0 Å². The predicted octanol–water partition coefficient (Wildman–Crippen LogP) is 2.41. The molecule has 0 aliphatic carbocycles. The lowest BCUT2D eigenvalue weighted by Gasteiger charge is -2.36. The van der Waals surface area contributed by atoms with E-state index in [0.717, 1.165) is 24.3 Å². The van der Waals surface area contributed by atoms with Crippen molar-refractivity contribution in [1.29, 1.82) is 0 Å². The van der Waals surface area contributed by atoms with Crippen molar-refractivity contribution in [1.82, 2.24) is 4.31 Å². The van der Waals surface area contributed by atoms with E-state index in [1.54, 1.807) is 7.11 Å². The van der Waals surface area contributed by atoms with Gasteiger partial charge in [0.15, 0.2) is 5.71 Å². The molecule has 2 aliphatic heterocycles. The number of carbonyl (C=O) groups is 1. The molecule has 1 spiro atoms. The second kappa shape index (κ2) is 10.9. The molecule has 11 heteroatoms. The Morgan fingerprint density at radius 2 is 1.91 bits per heavy atom. The van der Waals surface area contributed by atoms with E-state index in [4.69, 9.17) is 20.4 Å². The predicted molar refractivity (Wildman–Crippen MR) is 124 cm³/mol. The number of benzene rings is 2. The number of nitrogens with two attached hydrogens (primary N) is 1. The van der Waals surface area contributed by atoms with E-state index < -0.39 is 27.4 Å². The van der Waals surface area contributed by atoms with Gasteiger partial charge in [0.25, 0.3) is 0 Å². The third-order valence-corrected chi connectivity index (χ3v) is 7.65. The third-order valence-electron chi connectivity index (χ3n) is 5.74. The number of methoxy groups -OCH3 is 1. The first-order valence-electron chi connectivity index (χ1n) is 10.8. The first kappa shape index (κ1) is 25.6.